The highest BCUT2D eigenvalue weighted by Crippen LogP contribution is 2.52. The van der Waals surface area contributed by atoms with Gasteiger partial charge in [0.05, 0.1) is 11.8 Å². The molecule has 0 unspecified atom stereocenters. The second-order valence-electron chi connectivity index (χ2n) is 7.06. The van der Waals surface area contributed by atoms with Crippen LogP contribution in [0.4, 0.5) is 0 Å². The average molecular weight is 340 g/mol. The summed E-state index contributed by atoms with van der Waals surface area (Å²) in [6, 6.07) is 7.33. The second-order valence-corrected chi connectivity index (χ2v) is 7.06. The highest BCUT2D eigenvalue weighted by molar-refractivity contribution is 6.07. The van der Waals surface area contributed by atoms with E-state index in [1.807, 2.05) is 31.2 Å². The van der Waals surface area contributed by atoms with Gasteiger partial charge in [-0.3, -0.25) is 19.8 Å². The van der Waals surface area contributed by atoms with Crippen LogP contribution in [-0.2, 0) is 14.4 Å². The monoisotopic (exact) mass is 340 g/mol. The van der Waals surface area contributed by atoms with E-state index < -0.39 is 12.0 Å². The van der Waals surface area contributed by atoms with Crippen LogP contribution >= 0.6 is 0 Å². The number of carbonyl (C=O) groups excluding carboxylic acids is 3. The topological polar surface area (TPSA) is 75.7 Å². The van der Waals surface area contributed by atoms with E-state index in [1.165, 1.54) is 0 Å². The van der Waals surface area contributed by atoms with E-state index in [0.717, 1.165) is 17.0 Å². The van der Waals surface area contributed by atoms with Crippen molar-refractivity contribution in [1.82, 2.24) is 10.4 Å². The van der Waals surface area contributed by atoms with Gasteiger partial charge in [0.2, 0.25) is 0 Å². The van der Waals surface area contributed by atoms with E-state index in [2.05, 4.69) is 5.43 Å². The van der Waals surface area contributed by atoms with Gasteiger partial charge >= 0.3 is 0 Å². The molecule has 6 heteroatoms. The smallest absolute Gasteiger partial charge is 0.279 e. The first kappa shape index (κ1) is 15.9. The van der Waals surface area contributed by atoms with Crippen molar-refractivity contribution >= 4 is 17.7 Å². The summed E-state index contributed by atoms with van der Waals surface area (Å²) in [6.45, 7) is 3.55. The van der Waals surface area contributed by atoms with Crippen LogP contribution in [0.25, 0.3) is 0 Å². The minimum Gasteiger partial charge on any atom is -0.481 e. The molecule has 1 aromatic rings. The second kappa shape index (κ2) is 5.72. The van der Waals surface area contributed by atoms with Crippen molar-refractivity contribution in [2.24, 2.45) is 23.7 Å². The SMILES string of the molecule is Cc1ccc(O[C@H](C)C(=O)NN2C(=O)[C@H]3[C@H](C2=O)[C@H]2C=C[C@H]3C2)cc1. The third-order valence-electron chi connectivity index (χ3n) is 5.40. The van der Waals surface area contributed by atoms with Crippen LogP contribution in [0.1, 0.15) is 18.9 Å². The van der Waals surface area contributed by atoms with Crippen molar-refractivity contribution < 1.29 is 19.1 Å². The van der Waals surface area contributed by atoms with Gasteiger partial charge in [-0.25, -0.2) is 0 Å². The molecule has 3 aliphatic rings. The number of nitrogens with zero attached hydrogens (tertiary/aromatic N) is 1. The van der Waals surface area contributed by atoms with Crippen molar-refractivity contribution in [2.75, 3.05) is 0 Å². The molecule has 1 aromatic carbocycles. The number of aryl methyl sites for hydroxylation is 1. The predicted molar refractivity (Wildman–Crippen MR) is 89.0 cm³/mol. The molecule has 1 saturated carbocycles. The van der Waals surface area contributed by atoms with Crippen LogP contribution in [0.2, 0.25) is 0 Å². The van der Waals surface area contributed by atoms with Crippen molar-refractivity contribution in [1.29, 1.82) is 0 Å². The maximum atomic E-state index is 12.6. The molecule has 5 atom stereocenters. The first-order valence-corrected chi connectivity index (χ1v) is 8.55. The largest absolute Gasteiger partial charge is 0.481 e. The maximum Gasteiger partial charge on any atom is 0.279 e. The summed E-state index contributed by atoms with van der Waals surface area (Å²) in [4.78, 5) is 37.5. The summed E-state index contributed by atoms with van der Waals surface area (Å²) in [5.41, 5.74) is 3.54. The van der Waals surface area contributed by atoms with Crippen LogP contribution in [0.3, 0.4) is 0 Å². The zero-order valence-corrected chi connectivity index (χ0v) is 14.1. The summed E-state index contributed by atoms with van der Waals surface area (Å²) in [5, 5.41) is 0.902. The number of nitrogens with one attached hydrogen (secondary N) is 1. The zero-order chi connectivity index (χ0) is 17.7. The minimum absolute atomic E-state index is 0.120. The molecular weight excluding hydrogens is 320 g/mol. The summed E-state index contributed by atoms with van der Waals surface area (Å²) >= 11 is 0. The number of hydrazine groups is 1. The number of benzene rings is 1. The highest BCUT2D eigenvalue weighted by Gasteiger charge is 2.59. The van der Waals surface area contributed by atoms with Gasteiger partial charge in [-0.05, 0) is 44.2 Å². The Kier molecular flexibility index (Phi) is 3.63. The Morgan fingerprint density at radius 1 is 1.12 bits per heavy atom. The van der Waals surface area contributed by atoms with E-state index in [4.69, 9.17) is 4.74 Å². The van der Waals surface area contributed by atoms with Crippen LogP contribution < -0.4 is 10.2 Å². The number of fused-ring (bicyclic) bond motifs is 5. The van der Waals surface area contributed by atoms with Gasteiger partial charge in [0.1, 0.15) is 5.75 Å². The number of amides is 3. The number of allylic oxidation sites excluding steroid dienone is 2. The van der Waals surface area contributed by atoms with Gasteiger partial charge in [-0.2, -0.15) is 5.01 Å². The van der Waals surface area contributed by atoms with E-state index >= 15 is 0 Å². The molecule has 1 N–H and O–H groups in total. The summed E-state index contributed by atoms with van der Waals surface area (Å²) in [5.74, 6) is -0.962. The Balaban J connectivity index is 1.42. The van der Waals surface area contributed by atoms with Crippen LogP contribution in [0.15, 0.2) is 36.4 Å². The van der Waals surface area contributed by atoms with Gasteiger partial charge < -0.3 is 4.74 Å². The Morgan fingerprint density at radius 2 is 1.68 bits per heavy atom. The number of rotatable bonds is 4. The summed E-state index contributed by atoms with van der Waals surface area (Å²) in [6.07, 6.45) is 4.08. The number of hydrogen-bond acceptors (Lipinski definition) is 4. The predicted octanol–water partition coefficient (Wildman–Crippen LogP) is 1.60. The Hall–Kier alpha value is -2.63. The molecule has 1 heterocycles. The van der Waals surface area contributed by atoms with Crippen LogP contribution in [-0.4, -0.2) is 28.8 Å². The molecule has 0 spiro atoms. The fourth-order valence-electron chi connectivity index (χ4n) is 4.09. The quantitative estimate of drug-likeness (QED) is 0.667. The molecule has 0 aromatic heterocycles. The lowest BCUT2D eigenvalue weighted by atomic mass is 9.85. The van der Waals surface area contributed by atoms with Gasteiger partial charge in [0.15, 0.2) is 6.10 Å². The number of imide groups is 1. The third-order valence-corrected chi connectivity index (χ3v) is 5.40. The molecule has 2 aliphatic carbocycles. The van der Waals surface area contributed by atoms with Crippen LogP contribution in [0, 0.1) is 30.6 Å². The standard InChI is InChI=1S/C19H20N2O4/c1-10-3-7-14(8-4-10)25-11(2)17(22)20-21-18(23)15-12-5-6-13(9-12)16(15)19(21)24/h3-8,11-13,15-16H,9H2,1-2H3,(H,20,22)/t11-,12+,13+,15-,16-/m1/s1. The van der Waals surface area contributed by atoms with Gasteiger partial charge in [-0.15, -0.1) is 0 Å². The molecule has 6 nitrogen and oxygen atoms in total. The van der Waals surface area contributed by atoms with Crippen molar-refractivity contribution in [3.8, 4) is 5.75 Å². The fraction of sp³-hybridized carbons (Fsp3) is 0.421. The Bertz CT molecular complexity index is 740. The summed E-state index contributed by atoms with van der Waals surface area (Å²) < 4.78 is 5.59. The number of carbonyl (C=O) groups is 3. The molecule has 2 bridgehead atoms. The van der Waals surface area contributed by atoms with Gasteiger partial charge in [0.25, 0.3) is 17.7 Å². The lowest BCUT2D eigenvalue weighted by Crippen LogP contribution is -2.51. The normalized spacial score (nSPS) is 30.6. The van der Waals surface area contributed by atoms with Gasteiger partial charge in [0, 0.05) is 0 Å². The molecule has 4 rings (SSSR count). The first-order valence-electron chi connectivity index (χ1n) is 8.55. The molecule has 1 saturated heterocycles. The lowest BCUT2D eigenvalue weighted by Gasteiger charge is -2.21. The van der Waals surface area contributed by atoms with Gasteiger partial charge in [-0.1, -0.05) is 29.8 Å². The number of hydrogen-bond donors (Lipinski definition) is 1. The van der Waals surface area contributed by atoms with E-state index in [1.54, 1.807) is 19.1 Å². The summed E-state index contributed by atoms with van der Waals surface area (Å²) in [7, 11) is 0. The van der Waals surface area contributed by atoms with E-state index in [0.29, 0.717) is 5.75 Å². The molecule has 3 amide bonds. The minimum atomic E-state index is -0.821. The molecule has 2 fully saturated rings. The molecule has 130 valence electrons. The molecule has 1 aliphatic heterocycles. The van der Waals surface area contributed by atoms with E-state index in [-0.39, 0.29) is 35.5 Å². The van der Waals surface area contributed by atoms with Crippen LogP contribution in [0.5, 0.6) is 5.75 Å². The number of ether oxygens (including phenoxy) is 1. The Labute approximate surface area is 145 Å². The molecule has 25 heavy (non-hydrogen) atoms. The lowest BCUT2D eigenvalue weighted by molar-refractivity contribution is -0.151. The first-order chi connectivity index (χ1) is 12.0. The zero-order valence-electron chi connectivity index (χ0n) is 14.1. The highest BCUT2D eigenvalue weighted by atomic mass is 16.5. The molecular formula is C19H20N2O4. The third kappa shape index (κ3) is 2.52. The maximum absolute atomic E-state index is 12.6. The Morgan fingerprint density at radius 3 is 2.24 bits per heavy atom. The fourth-order valence-corrected chi connectivity index (χ4v) is 4.09. The van der Waals surface area contributed by atoms with Crippen molar-refractivity contribution in [3.63, 3.8) is 0 Å². The van der Waals surface area contributed by atoms with E-state index in [9.17, 15) is 14.4 Å². The molecule has 0 radical (unpaired) electrons. The van der Waals surface area contributed by atoms with Crippen molar-refractivity contribution in [3.05, 3.63) is 42.0 Å². The van der Waals surface area contributed by atoms with Crippen molar-refractivity contribution in [2.45, 2.75) is 26.4 Å². The average Bonchev–Trinajstić information content (AvgIpc) is 3.26.